The van der Waals surface area contributed by atoms with E-state index in [1.165, 1.54) is 6.07 Å². The lowest BCUT2D eigenvalue weighted by molar-refractivity contribution is 0.289. The quantitative estimate of drug-likeness (QED) is 0.832. The number of hydrogen-bond acceptors (Lipinski definition) is 3. The molecule has 0 saturated heterocycles. The molecule has 2 aromatic rings. The second-order valence-corrected chi connectivity index (χ2v) is 4.13. The Hall–Kier alpha value is -1.99. The van der Waals surface area contributed by atoms with Gasteiger partial charge in [-0.1, -0.05) is 6.07 Å². The van der Waals surface area contributed by atoms with Crippen LogP contribution in [-0.4, -0.2) is 17.2 Å². The number of halogens is 3. The first-order valence-corrected chi connectivity index (χ1v) is 5.69. The highest BCUT2D eigenvalue weighted by Gasteiger charge is 2.14. The lowest BCUT2D eigenvalue weighted by Crippen LogP contribution is -2.29. The number of rotatable bonds is 4. The average molecular weight is 282 g/mol. The molecule has 0 saturated carbocycles. The van der Waals surface area contributed by atoms with Crippen molar-refractivity contribution in [3.63, 3.8) is 0 Å². The van der Waals surface area contributed by atoms with Gasteiger partial charge in [-0.05, 0) is 35.3 Å². The predicted octanol–water partition coefficient (Wildman–Crippen LogP) is 1.36. The predicted molar refractivity (Wildman–Crippen MR) is 66.9 cm³/mol. The van der Waals surface area contributed by atoms with Crippen molar-refractivity contribution >= 4 is 12.6 Å². The summed E-state index contributed by atoms with van der Waals surface area (Å²) < 4.78 is 44.5. The van der Waals surface area contributed by atoms with Crippen molar-refractivity contribution in [2.45, 2.75) is 6.61 Å². The molecule has 0 heterocycles. The van der Waals surface area contributed by atoms with Gasteiger partial charge in [-0.2, -0.15) is 0 Å². The maximum Gasteiger partial charge on any atom is 0.488 e. The summed E-state index contributed by atoms with van der Waals surface area (Å²) in [5.74, 6) is -2.47. The Morgan fingerprint density at radius 1 is 0.950 bits per heavy atom. The molecule has 0 fully saturated rings. The van der Waals surface area contributed by atoms with E-state index in [9.17, 15) is 13.2 Å². The zero-order valence-corrected chi connectivity index (χ0v) is 10.2. The van der Waals surface area contributed by atoms with Crippen LogP contribution in [0.1, 0.15) is 5.56 Å². The summed E-state index contributed by atoms with van der Waals surface area (Å²) in [6, 6.07) is 6.14. The summed E-state index contributed by atoms with van der Waals surface area (Å²) in [5.41, 5.74) is 0.240. The molecular weight excluding hydrogens is 272 g/mol. The number of ether oxygens (including phenoxy) is 1. The Morgan fingerprint density at radius 3 is 2.20 bits per heavy atom. The summed E-state index contributed by atoms with van der Waals surface area (Å²) in [5, 5.41) is 18.0. The normalized spacial score (nSPS) is 10.4. The maximum absolute atomic E-state index is 13.5. The first-order chi connectivity index (χ1) is 9.45. The summed E-state index contributed by atoms with van der Waals surface area (Å²) >= 11 is 0. The van der Waals surface area contributed by atoms with Gasteiger partial charge >= 0.3 is 7.12 Å². The minimum Gasteiger partial charge on any atom is -0.486 e. The Bertz CT molecular complexity index is 600. The lowest BCUT2D eigenvalue weighted by atomic mass is 9.80. The Balaban J connectivity index is 2.16. The second kappa shape index (κ2) is 5.98. The second-order valence-electron chi connectivity index (χ2n) is 4.13. The Kier molecular flexibility index (Phi) is 4.31. The van der Waals surface area contributed by atoms with E-state index >= 15 is 0 Å². The summed E-state index contributed by atoms with van der Waals surface area (Å²) in [6.45, 7) is -0.253. The van der Waals surface area contributed by atoms with E-state index in [4.69, 9.17) is 14.8 Å². The maximum atomic E-state index is 13.5. The van der Waals surface area contributed by atoms with Crippen molar-refractivity contribution in [2.24, 2.45) is 0 Å². The fourth-order valence-electron chi connectivity index (χ4n) is 1.65. The molecule has 20 heavy (non-hydrogen) atoms. The molecule has 0 aliphatic rings. The molecule has 0 spiro atoms. The van der Waals surface area contributed by atoms with E-state index in [0.29, 0.717) is 6.07 Å². The van der Waals surface area contributed by atoms with Crippen LogP contribution in [0.15, 0.2) is 36.4 Å². The van der Waals surface area contributed by atoms with Crippen molar-refractivity contribution in [1.29, 1.82) is 0 Å². The van der Waals surface area contributed by atoms with Gasteiger partial charge in [-0.15, -0.1) is 0 Å². The first kappa shape index (κ1) is 14.4. The van der Waals surface area contributed by atoms with E-state index in [1.54, 1.807) is 0 Å². The van der Waals surface area contributed by atoms with Crippen LogP contribution in [0.3, 0.4) is 0 Å². The van der Waals surface area contributed by atoms with E-state index in [0.717, 1.165) is 24.3 Å². The molecule has 2 aromatic carbocycles. The topological polar surface area (TPSA) is 49.7 Å². The molecule has 2 rings (SSSR count). The summed E-state index contributed by atoms with van der Waals surface area (Å²) in [4.78, 5) is 0. The van der Waals surface area contributed by atoms with Crippen molar-refractivity contribution in [2.75, 3.05) is 0 Å². The molecule has 7 heteroatoms. The van der Waals surface area contributed by atoms with Gasteiger partial charge in [0.1, 0.15) is 18.2 Å². The van der Waals surface area contributed by atoms with Crippen molar-refractivity contribution in [1.82, 2.24) is 0 Å². The molecule has 0 unspecified atom stereocenters. The minimum absolute atomic E-state index is 0.0480. The van der Waals surface area contributed by atoms with Crippen LogP contribution >= 0.6 is 0 Å². The van der Waals surface area contributed by atoms with E-state index in [-0.39, 0.29) is 23.4 Å². The molecule has 0 radical (unpaired) electrons. The third-order valence-electron chi connectivity index (χ3n) is 2.57. The fraction of sp³-hybridized carbons (Fsp3) is 0.0769. The molecule has 0 amide bonds. The van der Waals surface area contributed by atoms with Gasteiger partial charge < -0.3 is 14.8 Å². The van der Waals surface area contributed by atoms with E-state index in [2.05, 4.69) is 0 Å². The number of benzene rings is 2. The zero-order valence-electron chi connectivity index (χ0n) is 10.2. The van der Waals surface area contributed by atoms with Crippen LogP contribution in [0.25, 0.3) is 0 Å². The molecule has 0 aliphatic heterocycles. The third-order valence-corrected chi connectivity index (χ3v) is 2.57. The summed E-state index contributed by atoms with van der Waals surface area (Å²) in [6.07, 6.45) is 0. The Morgan fingerprint density at radius 2 is 1.60 bits per heavy atom. The van der Waals surface area contributed by atoms with Crippen molar-refractivity contribution in [3.8, 4) is 5.75 Å². The van der Waals surface area contributed by atoms with Crippen LogP contribution in [-0.2, 0) is 6.61 Å². The zero-order chi connectivity index (χ0) is 14.7. The highest BCUT2D eigenvalue weighted by molar-refractivity contribution is 6.58. The van der Waals surface area contributed by atoms with E-state index < -0.39 is 24.6 Å². The van der Waals surface area contributed by atoms with Crippen molar-refractivity contribution in [3.05, 3.63) is 59.4 Å². The van der Waals surface area contributed by atoms with Gasteiger partial charge in [-0.25, -0.2) is 13.2 Å². The molecule has 0 aromatic heterocycles. The SMILES string of the molecule is OB(O)c1ccc(F)c(OCc2cc(F)cc(F)c2)c1. The smallest absolute Gasteiger partial charge is 0.486 e. The molecule has 0 aliphatic carbocycles. The first-order valence-electron chi connectivity index (χ1n) is 5.69. The van der Waals surface area contributed by atoms with Gasteiger partial charge in [0.05, 0.1) is 0 Å². The standard InChI is InChI=1S/C13H10BF3O3/c15-10-3-8(4-11(16)6-10)7-20-13-5-9(14(18)19)1-2-12(13)17/h1-6,18-19H,7H2. The van der Waals surface area contributed by atoms with Gasteiger partial charge in [-0.3, -0.25) is 0 Å². The van der Waals surface area contributed by atoms with E-state index in [1.807, 2.05) is 0 Å². The highest BCUT2D eigenvalue weighted by Crippen LogP contribution is 2.17. The Labute approximate surface area is 113 Å². The van der Waals surface area contributed by atoms with Crippen LogP contribution in [0.4, 0.5) is 13.2 Å². The molecular formula is C13H10BF3O3. The van der Waals surface area contributed by atoms with Gasteiger partial charge in [0.25, 0.3) is 0 Å². The summed E-state index contributed by atoms with van der Waals surface area (Å²) in [7, 11) is -1.76. The molecule has 104 valence electrons. The van der Waals surface area contributed by atoms with Gasteiger partial charge in [0, 0.05) is 6.07 Å². The van der Waals surface area contributed by atoms with Gasteiger partial charge in [0.15, 0.2) is 11.6 Å². The molecule has 3 nitrogen and oxygen atoms in total. The van der Waals surface area contributed by atoms with Crippen LogP contribution < -0.4 is 10.2 Å². The van der Waals surface area contributed by atoms with Crippen LogP contribution in [0, 0.1) is 17.5 Å². The highest BCUT2D eigenvalue weighted by atomic mass is 19.1. The fourth-order valence-corrected chi connectivity index (χ4v) is 1.65. The molecule has 0 atom stereocenters. The van der Waals surface area contributed by atoms with Crippen LogP contribution in [0.2, 0.25) is 0 Å². The van der Waals surface area contributed by atoms with Crippen molar-refractivity contribution < 1.29 is 28.0 Å². The lowest BCUT2D eigenvalue weighted by Gasteiger charge is -2.09. The largest absolute Gasteiger partial charge is 0.488 e. The molecule has 2 N–H and O–H groups in total. The average Bonchev–Trinajstić information content (AvgIpc) is 2.36. The van der Waals surface area contributed by atoms with Crippen LogP contribution in [0.5, 0.6) is 5.75 Å². The third kappa shape index (κ3) is 3.52. The molecule has 0 bridgehead atoms. The number of hydrogen-bond donors (Lipinski definition) is 2. The minimum atomic E-state index is -1.76. The van der Waals surface area contributed by atoms with Gasteiger partial charge in [0.2, 0.25) is 0 Å². The monoisotopic (exact) mass is 282 g/mol.